The molecule has 0 spiro atoms. The summed E-state index contributed by atoms with van der Waals surface area (Å²) in [6.45, 7) is 5.12. The van der Waals surface area contributed by atoms with Crippen LogP contribution in [-0.4, -0.2) is 19.0 Å². The van der Waals surface area contributed by atoms with Gasteiger partial charge in [-0.15, -0.1) is 0 Å². The molecular formula is C17H22N4. The van der Waals surface area contributed by atoms with Crippen LogP contribution in [0.15, 0.2) is 53.5 Å². The van der Waals surface area contributed by atoms with Gasteiger partial charge in [-0.05, 0) is 38.1 Å². The summed E-state index contributed by atoms with van der Waals surface area (Å²) >= 11 is 0. The maximum atomic E-state index is 6.16. The van der Waals surface area contributed by atoms with E-state index in [1.807, 2.05) is 29.2 Å². The van der Waals surface area contributed by atoms with Crippen molar-refractivity contribution < 1.29 is 0 Å². The molecule has 0 atom stereocenters. The molecule has 0 amide bonds. The highest BCUT2D eigenvalue weighted by molar-refractivity contribution is 6.01. The van der Waals surface area contributed by atoms with Crippen molar-refractivity contribution in [2.75, 3.05) is 18.0 Å². The fourth-order valence-electron chi connectivity index (χ4n) is 2.05. The highest BCUT2D eigenvalue weighted by Gasteiger charge is 2.13. The third kappa shape index (κ3) is 3.83. The van der Waals surface area contributed by atoms with Crippen LogP contribution in [0.2, 0.25) is 0 Å². The number of nitrogens with two attached hydrogens (primary N) is 2. The topological polar surface area (TPSA) is 67.6 Å². The third-order valence-electron chi connectivity index (χ3n) is 3.22. The van der Waals surface area contributed by atoms with E-state index >= 15 is 0 Å². The van der Waals surface area contributed by atoms with Crippen LogP contribution in [0.25, 0.3) is 0 Å². The average Bonchev–Trinajstić information content (AvgIpc) is 2.49. The minimum Gasteiger partial charge on any atom is -0.369 e. The Balaban J connectivity index is 2.43. The van der Waals surface area contributed by atoms with Crippen molar-refractivity contribution in [2.45, 2.75) is 13.8 Å². The zero-order valence-electron chi connectivity index (χ0n) is 12.6. The molecule has 0 radical (unpaired) electrons. The van der Waals surface area contributed by atoms with Gasteiger partial charge in [0.25, 0.3) is 0 Å². The van der Waals surface area contributed by atoms with Gasteiger partial charge < -0.3 is 11.5 Å². The van der Waals surface area contributed by atoms with Crippen LogP contribution in [0.1, 0.15) is 11.1 Å². The van der Waals surface area contributed by atoms with Gasteiger partial charge in [-0.2, -0.15) is 0 Å². The SMILES string of the molecule is Cc1ccc(N(C(N)=NCCN)c2ccc(C)cc2)cc1. The molecule has 4 heteroatoms. The molecule has 0 unspecified atom stereocenters. The average molecular weight is 282 g/mol. The summed E-state index contributed by atoms with van der Waals surface area (Å²) in [5.41, 5.74) is 16.1. The summed E-state index contributed by atoms with van der Waals surface area (Å²) in [6.07, 6.45) is 0. The molecule has 4 nitrogen and oxygen atoms in total. The monoisotopic (exact) mass is 282 g/mol. The lowest BCUT2D eigenvalue weighted by molar-refractivity contribution is 0.966. The molecule has 21 heavy (non-hydrogen) atoms. The van der Waals surface area contributed by atoms with E-state index < -0.39 is 0 Å². The molecule has 0 saturated heterocycles. The van der Waals surface area contributed by atoms with Crippen LogP contribution in [0, 0.1) is 13.8 Å². The number of aliphatic imine (C=N–C) groups is 1. The van der Waals surface area contributed by atoms with E-state index in [0.717, 1.165) is 11.4 Å². The van der Waals surface area contributed by atoms with E-state index in [-0.39, 0.29) is 0 Å². The predicted octanol–water partition coefficient (Wildman–Crippen LogP) is 2.71. The summed E-state index contributed by atoms with van der Waals surface area (Å²) in [5, 5.41) is 0. The molecule has 4 N–H and O–H groups in total. The van der Waals surface area contributed by atoms with E-state index in [1.54, 1.807) is 0 Å². The summed E-state index contributed by atoms with van der Waals surface area (Å²) in [7, 11) is 0. The van der Waals surface area contributed by atoms with Crippen molar-refractivity contribution in [3.63, 3.8) is 0 Å². The van der Waals surface area contributed by atoms with Gasteiger partial charge >= 0.3 is 0 Å². The Kier molecular flexibility index (Phi) is 4.95. The number of aryl methyl sites for hydroxylation is 2. The standard InChI is InChI=1S/C17H22N4/c1-13-3-7-15(8-4-13)21(17(19)20-12-11-18)16-9-5-14(2)6-10-16/h3-10H,11-12,18H2,1-2H3,(H2,19,20). The largest absolute Gasteiger partial charge is 0.369 e. The number of nitrogens with zero attached hydrogens (tertiary/aromatic N) is 2. The molecule has 0 saturated carbocycles. The Morgan fingerprint density at radius 3 is 1.71 bits per heavy atom. The van der Waals surface area contributed by atoms with Gasteiger partial charge in [0.15, 0.2) is 0 Å². The number of guanidine groups is 1. The first-order valence-electron chi connectivity index (χ1n) is 7.05. The Hall–Kier alpha value is -2.33. The molecule has 0 heterocycles. The van der Waals surface area contributed by atoms with E-state index in [2.05, 4.69) is 43.1 Å². The van der Waals surface area contributed by atoms with Gasteiger partial charge in [0, 0.05) is 17.9 Å². The zero-order valence-corrected chi connectivity index (χ0v) is 12.6. The second-order valence-electron chi connectivity index (χ2n) is 5.04. The third-order valence-corrected chi connectivity index (χ3v) is 3.22. The predicted molar refractivity (Wildman–Crippen MR) is 90.0 cm³/mol. The van der Waals surface area contributed by atoms with Crippen molar-refractivity contribution >= 4 is 17.3 Å². The van der Waals surface area contributed by atoms with Crippen LogP contribution in [0.3, 0.4) is 0 Å². The smallest absolute Gasteiger partial charge is 0.200 e. The number of rotatable bonds is 4. The Morgan fingerprint density at radius 1 is 0.905 bits per heavy atom. The Bertz CT molecular complexity index is 554. The van der Waals surface area contributed by atoms with E-state index in [4.69, 9.17) is 11.5 Å². The molecule has 0 aliphatic carbocycles. The van der Waals surface area contributed by atoms with Crippen molar-refractivity contribution in [1.29, 1.82) is 0 Å². The second-order valence-corrected chi connectivity index (χ2v) is 5.04. The molecule has 2 rings (SSSR count). The first-order valence-corrected chi connectivity index (χ1v) is 7.05. The van der Waals surface area contributed by atoms with E-state index in [1.165, 1.54) is 11.1 Å². The van der Waals surface area contributed by atoms with Crippen LogP contribution in [-0.2, 0) is 0 Å². The van der Waals surface area contributed by atoms with Gasteiger partial charge in [-0.25, -0.2) is 0 Å². The van der Waals surface area contributed by atoms with E-state index in [0.29, 0.717) is 19.0 Å². The second kappa shape index (κ2) is 6.90. The van der Waals surface area contributed by atoms with Crippen LogP contribution >= 0.6 is 0 Å². The molecule has 0 aliphatic rings. The highest BCUT2D eigenvalue weighted by Crippen LogP contribution is 2.25. The summed E-state index contributed by atoms with van der Waals surface area (Å²) in [4.78, 5) is 6.27. The first-order chi connectivity index (χ1) is 10.1. The van der Waals surface area contributed by atoms with Crippen LogP contribution in [0.4, 0.5) is 11.4 Å². The van der Waals surface area contributed by atoms with Gasteiger partial charge in [-0.3, -0.25) is 9.89 Å². The Labute approximate surface area is 126 Å². The maximum absolute atomic E-state index is 6.16. The molecule has 0 aliphatic heterocycles. The number of hydrogen-bond donors (Lipinski definition) is 2. The quantitative estimate of drug-likeness (QED) is 0.669. The zero-order chi connectivity index (χ0) is 15.2. The Morgan fingerprint density at radius 2 is 1.33 bits per heavy atom. The molecule has 0 aromatic heterocycles. The number of benzene rings is 2. The van der Waals surface area contributed by atoms with Crippen molar-refractivity contribution in [3.8, 4) is 0 Å². The fourth-order valence-corrected chi connectivity index (χ4v) is 2.05. The normalized spacial score (nSPS) is 11.5. The number of anilines is 2. The van der Waals surface area contributed by atoms with Gasteiger partial charge in [0.05, 0.1) is 6.54 Å². The van der Waals surface area contributed by atoms with Crippen LogP contribution < -0.4 is 16.4 Å². The van der Waals surface area contributed by atoms with Gasteiger partial charge in [-0.1, -0.05) is 35.4 Å². The first kappa shape index (κ1) is 15.1. The van der Waals surface area contributed by atoms with Crippen LogP contribution in [0.5, 0.6) is 0 Å². The lowest BCUT2D eigenvalue weighted by atomic mass is 10.1. The maximum Gasteiger partial charge on any atom is 0.200 e. The lowest BCUT2D eigenvalue weighted by Gasteiger charge is -2.24. The highest BCUT2D eigenvalue weighted by atomic mass is 15.3. The fraction of sp³-hybridized carbons (Fsp3) is 0.235. The van der Waals surface area contributed by atoms with Crippen molar-refractivity contribution in [3.05, 3.63) is 59.7 Å². The van der Waals surface area contributed by atoms with Crippen molar-refractivity contribution in [1.82, 2.24) is 0 Å². The number of hydrogen-bond acceptors (Lipinski definition) is 2. The minimum atomic E-state index is 0.452. The lowest BCUT2D eigenvalue weighted by Crippen LogP contribution is -2.34. The molecule has 0 fully saturated rings. The van der Waals surface area contributed by atoms with Crippen molar-refractivity contribution in [2.24, 2.45) is 16.5 Å². The summed E-state index contributed by atoms with van der Waals surface area (Å²) in [6, 6.07) is 16.4. The molecule has 110 valence electrons. The molecule has 0 bridgehead atoms. The van der Waals surface area contributed by atoms with Gasteiger partial charge in [0.2, 0.25) is 5.96 Å². The molecular weight excluding hydrogens is 260 g/mol. The molecule has 2 aromatic carbocycles. The van der Waals surface area contributed by atoms with E-state index in [9.17, 15) is 0 Å². The minimum absolute atomic E-state index is 0.452. The van der Waals surface area contributed by atoms with Gasteiger partial charge in [0.1, 0.15) is 0 Å². The summed E-state index contributed by atoms with van der Waals surface area (Å²) in [5.74, 6) is 0.452. The summed E-state index contributed by atoms with van der Waals surface area (Å²) < 4.78 is 0. The molecule has 2 aromatic rings.